The van der Waals surface area contributed by atoms with Gasteiger partial charge in [0.2, 0.25) is 0 Å². The number of hydrogen-bond donors (Lipinski definition) is 0. The molecule has 0 spiro atoms. The molecule has 0 saturated heterocycles. The van der Waals surface area contributed by atoms with Crippen molar-refractivity contribution in [2.45, 2.75) is 12.5 Å². The maximum absolute atomic E-state index is 11.9. The molecular formula is C16H12N2O2. The van der Waals surface area contributed by atoms with Crippen LogP contribution in [0.25, 0.3) is 11.1 Å². The lowest BCUT2D eigenvalue weighted by molar-refractivity contribution is 0.497. The number of para-hydroxylation sites is 2. The number of nitriles is 1. The van der Waals surface area contributed by atoms with Crippen LogP contribution in [0.5, 0.6) is 0 Å². The lowest BCUT2D eigenvalue weighted by Gasteiger charge is -2.09. The predicted molar refractivity (Wildman–Crippen MR) is 75.3 cm³/mol. The second-order valence-electron chi connectivity index (χ2n) is 4.54. The van der Waals surface area contributed by atoms with Gasteiger partial charge in [0, 0.05) is 6.54 Å². The fourth-order valence-electron chi connectivity index (χ4n) is 2.28. The summed E-state index contributed by atoms with van der Waals surface area (Å²) in [6, 6.07) is 18.9. The van der Waals surface area contributed by atoms with Crippen molar-refractivity contribution < 1.29 is 4.42 Å². The van der Waals surface area contributed by atoms with E-state index in [9.17, 15) is 10.1 Å². The third-order valence-corrected chi connectivity index (χ3v) is 3.30. The first-order chi connectivity index (χ1) is 9.79. The molecule has 0 saturated carbocycles. The van der Waals surface area contributed by atoms with Crippen LogP contribution in [0, 0.1) is 11.3 Å². The average molecular weight is 264 g/mol. The van der Waals surface area contributed by atoms with E-state index in [0.717, 1.165) is 5.56 Å². The molecule has 0 N–H and O–H groups in total. The molecule has 0 aliphatic heterocycles. The highest BCUT2D eigenvalue weighted by atomic mass is 16.4. The molecule has 98 valence electrons. The molecule has 2 aromatic carbocycles. The number of nitrogens with zero attached hydrogens (tertiary/aromatic N) is 2. The zero-order valence-corrected chi connectivity index (χ0v) is 10.7. The molecule has 0 radical (unpaired) electrons. The largest absolute Gasteiger partial charge is 0.420 e. The SMILES string of the molecule is N#CC(Cn1c(=O)oc2ccccc21)c1ccccc1. The van der Waals surface area contributed by atoms with Crippen LogP contribution in [-0.4, -0.2) is 4.57 Å². The maximum Gasteiger partial charge on any atom is 0.420 e. The van der Waals surface area contributed by atoms with Gasteiger partial charge in [-0.2, -0.15) is 5.26 Å². The molecule has 3 rings (SSSR count). The molecule has 1 heterocycles. The van der Waals surface area contributed by atoms with Crippen LogP contribution in [0.15, 0.2) is 63.8 Å². The molecule has 0 fully saturated rings. The van der Waals surface area contributed by atoms with Crippen LogP contribution >= 0.6 is 0 Å². The summed E-state index contributed by atoms with van der Waals surface area (Å²) < 4.78 is 6.69. The minimum absolute atomic E-state index is 0.288. The van der Waals surface area contributed by atoms with E-state index in [1.807, 2.05) is 48.5 Å². The highest BCUT2D eigenvalue weighted by molar-refractivity contribution is 5.72. The molecular weight excluding hydrogens is 252 g/mol. The van der Waals surface area contributed by atoms with Gasteiger partial charge < -0.3 is 4.42 Å². The van der Waals surface area contributed by atoms with E-state index in [-0.39, 0.29) is 12.5 Å². The Labute approximate surface area is 115 Å². The van der Waals surface area contributed by atoms with Crippen LogP contribution in [0.4, 0.5) is 0 Å². The molecule has 1 aromatic heterocycles. The van der Waals surface area contributed by atoms with Crippen molar-refractivity contribution in [3.63, 3.8) is 0 Å². The predicted octanol–water partition coefficient (Wildman–Crippen LogP) is 2.90. The monoisotopic (exact) mass is 264 g/mol. The fourth-order valence-corrected chi connectivity index (χ4v) is 2.28. The first-order valence-electron chi connectivity index (χ1n) is 6.32. The summed E-state index contributed by atoms with van der Waals surface area (Å²) in [5.41, 5.74) is 2.16. The quantitative estimate of drug-likeness (QED) is 0.730. The Balaban J connectivity index is 2.03. The number of benzene rings is 2. The number of rotatable bonds is 3. The molecule has 4 heteroatoms. The molecule has 0 aliphatic carbocycles. The van der Waals surface area contributed by atoms with Gasteiger partial charge in [-0.05, 0) is 17.7 Å². The van der Waals surface area contributed by atoms with Crippen LogP contribution in [-0.2, 0) is 6.54 Å². The molecule has 1 atom stereocenters. The van der Waals surface area contributed by atoms with Crippen LogP contribution in [0.3, 0.4) is 0 Å². The lowest BCUT2D eigenvalue weighted by Crippen LogP contribution is -2.18. The van der Waals surface area contributed by atoms with Crippen LogP contribution < -0.4 is 5.76 Å². The topological polar surface area (TPSA) is 58.9 Å². The fraction of sp³-hybridized carbons (Fsp3) is 0.125. The van der Waals surface area contributed by atoms with Crippen molar-refractivity contribution in [3.8, 4) is 6.07 Å². The Morgan fingerprint density at radius 2 is 1.80 bits per heavy atom. The summed E-state index contributed by atoms with van der Waals surface area (Å²) in [5, 5.41) is 9.35. The van der Waals surface area contributed by atoms with Crippen LogP contribution in [0.1, 0.15) is 11.5 Å². The second-order valence-corrected chi connectivity index (χ2v) is 4.54. The van der Waals surface area contributed by atoms with E-state index in [2.05, 4.69) is 6.07 Å². The van der Waals surface area contributed by atoms with E-state index in [1.54, 1.807) is 6.07 Å². The lowest BCUT2D eigenvalue weighted by atomic mass is 10.0. The van der Waals surface area contributed by atoms with Gasteiger partial charge in [0.1, 0.15) is 0 Å². The van der Waals surface area contributed by atoms with E-state index in [1.165, 1.54) is 4.57 Å². The highest BCUT2D eigenvalue weighted by Gasteiger charge is 2.16. The third kappa shape index (κ3) is 2.10. The summed E-state index contributed by atoms with van der Waals surface area (Å²) in [7, 11) is 0. The summed E-state index contributed by atoms with van der Waals surface area (Å²) in [6.07, 6.45) is 0. The van der Waals surface area contributed by atoms with Crippen molar-refractivity contribution in [1.82, 2.24) is 4.57 Å². The summed E-state index contributed by atoms with van der Waals surface area (Å²) in [5.74, 6) is -0.808. The minimum atomic E-state index is -0.428. The Morgan fingerprint density at radius 3 is 2.55 bits per heavy atom. The standard InChI is InChI=1S/C16H12N2O2/c17-10-13(12-6-2-1-3-7-12)11-18-14-8-4-5-9-15(14)20-16(18)19/h1-9,13H,11H2. The number of aromatic nitrogens is 1. The Kier molecular flexibility index (Phi) is 3.10. The Morgan fingerprint density at radius 1 is 1.10 bits per heavy atom. The van der Waals surface area contributed by atoms with Gasteiger partial charge in [0.15, 0.2) is 5.58 Å². The van der Waals surface area contributed by atoms with E-state index in [0.29, 0.717) is 11.1 Å². The Hall–Kier alpha value is -2.80. The van der Waals surface area contributed by atoms with Crippen LogP contribution in [0.2, 0.25) is 0 Å². The van der Waals surface area contributed by atoms with Crippen molar-refractivity contribution in [2.75, 3.05) is 0 Å². The van der Waals surface area contributed by atoms with Gasteiger partial charge in [-0.3, -0.25) is 4.57 Å². The number of oxazole rings is 1. The van der Waals surface area contributed by atoms with Gasteiger partial charge >= 0.3 is 5.76 Å². The smallest absolute Gasteiger partial charge is 0.408 e. The molecule has 3 aromatic rings. The normalized spacial score (nSPS) is 12.2. The number of fused-ring (bicyclic) bond motifs is 1. The van der Waals surface area contributed by atoms with Crippen molar-refractivity contribution in [1.29, 1.82) is 5.26 Å². The molecule has 4 nitrogen and oxygen atoms in total. The molecule has 0 bridgehead atoms. The molecule has 20 heavy (non-hydrogen) atoms. The van der Waals surface area contributed by atoms with E-state index in [4.69, 9.17) is 4.42 Å². The zero-order valence-electron chi connectivity index (χ0n) is 10.7. The number of hydrogen-bond acceptors (Lipinski definition) is 3. The highest BCUT2D eigenvalue weighted by Crippen LogP contribution is 2.19. The van der Waals surface area contributed by atoms with Crippen molar-refractivity contribution in [2.24, 2.45) is 0 Å². The third-order valence-electron chi connectivity index (χ3n) is 3.30. The van der Waals surface area contributed by atoms with E-state index < -0.39 is 5.76 Å². The Bertz CT molecular complexity index is 825. The molecule has 0 amide bonds. The van der Waals surface area contributed by atoms with Gasteiger partial charge in [-0.25, -0.2) is 4.79 Å². The second kappa shape index (κ2) is 5.06. The first-order valence-corrected chi connectivity index (χ1v) is 6.32. The molecule has 0 aliphatic rings. The van der Waals surface area contributed by atoms with Crippen molar-refractivity contribution >= 4 is 11.1 Å². The maximum atomic E-state index is 11.9. The van der Waals surface area contributed by atoms with Gasteiger partial charge in [-0.15, -0.1) is 0 Å². The average Bonchev–Trinajstić information content (AvgIpc) is 2.81. The van der Waals surface area contributed by atoms with Gasteiger partial charge in [0.05, 0.1) is 17.5 Å². The zero-order chi connectivity index (χ0) is 13.9. The summed E-state index contributed by atoms with van der Waals surface area (Å²) >= 11 is 0. The molecule has 1 unspecified atom stereocenters. The summed E-state index contributed by atoms with van der Waals surface area (Å²) in [4.78, 5) is 11.9. The van der Waals surface area contributed by atoms with Gasteiger partial charge in [-0.1, -0.05) is 42.5 Å². The minimum Gasteiger partial charge on any atom is -0.408 e. The van der Waals surface area contributed by atoms with Crippen molar-refractivity contribution in [3.05, 3.63) is 70.7 Å². The van der Waals surface area contributed by atoms with Gasteiger partial charge in [0.25, 0.3) is 0 Å². The van der Waals surface area contributed by atoms with E-state index >= 15 is 0 Å². The summed E-state index contributed by atoms with van der Waals surface area (Å²) in [6.45, 7) is 0.288. The first kappa shape index (κ1) is 12.2.